The lowest BCUT2D eigenvalue weighted by molar-refractivity contribution is -0.146. The summed E-state index contributed by atoms with van der Waals surface area (Å²) in [6, 6.07) is 9.55. The number of aromatic nitrogens is 1. The van der Waals surface area contributed by atoms with E-state index in [-0.39, 0.29) is 17.9 Å². The number of benzene rings is 1. The second-order valence-corrected chi connectivity index (χ2v) is 11.4. The summed E-state index contributed by atoms with van der Waals surface area (Å²) < 4.78 is 6.67. The minimum atomic E-state index is -0.716. The average molecular weight is 520 g/mol. The standard InChI is InChI=1S/C25H30ClN3O3S2/c1-32-17-5-7-22-18(13-17)24(20(26)14-28-22)21(27)6-4-16-8-9-29(15-19(16)25(30)31)10-12-34-23-3-2-11-33-23/h2-3,5,7,11,13-14,16,19,21H,4,6,8-10,12,15,27H2,1H3,(H,30,31)/t16-,19+,21-/m0/s1. The third-order valence-electron chi connectivity index (χ3n) is 6.59. The van der Waals surface area contributed by atoms with E-state index in [4.69, 9.17) is 22.1 Å². The summed E-state index contributed by atoms with van der Waals surface area (Å²) in [6.45, 7) is 2.42. The van der Waals surface area contributed by atoms with Crippen LogP contribution in [0.3, 0.4) is 0 Å². The summed E-state index contributed by atoms with van der Waals surface area (Å²) in [4.78, 5) is 18.8. The molecule has 34 heavy (non-hydrogen) atoms. The molecular weight excluding hydrogens is 490 g/mol. The number of methoxy groups -OCH3 is 1. The number of carboxylic acids is 1. The molecule has 2 aromatic heterocycles. The van der Waals surface area contributed by atoms with Gasteiger partial charge in [0.1, 0.15) is 5.75 Å². The maximum Gasteiger partial charge on any atom is 0.308 e. The Morgan fingerprint density at radius 1 is 1.44 bits per heavy atom. The number of carboxylic acid groups (broad SMARTS) is 1. The Morgan fingerprint density at radius 2 is 2.29 bits per heavy atom. The molecule has 3 aromatic rings. The number of likely N-dealkylation sites (tertiary alicyclic amines) is 1. The van der Waals surface area contributed by atoms with Crippen molar-refractivity contribution in [2.75, 3.05) is 32.5 Å². The molecule has 182 valence electrons. The number of ether oxygens (including phenoxy) is 1. The number of nitrogens with zero attached hydrogens (tertiary/aromatic N) is 2. The first-order valence-corrected chi connectivity index (χ1v) is 13.7. The first-order valence-electron chi connectivity index (χ1n) is 11.5. The van der Waals surface area contributed by atoms with Gasteiger partial charge in [-0.15, -0.1) is 23.1 Å². The monoisotopic (exact) mass is 519 g/mol. The quantitative estimate of drug-likeness (QED) is 0.339. The average Bonchev–Trinajstić information content (AvgIpc) is 3.36. The van der Waals surface area contributed by atoms with E-state index < -0.39 is 5.97 Å². The number of hydrogen-bond acceptors (Lipinski definition) is 7. The predicted octanol–water partition coefficient (Wildman–Crippen LogP) is 5.55. The highest BCUT2D eigenvalue weighted by Gasteiger charge is 2.34. The Bertz CT molecular complexity index is 1110. The van der Waals surface area contributed by atoms with Gasteiger partial charge in [-0.25, -0.2) is 0 Å². The van der Waals surface area contributed by atoms with E-state index >= 15 is 0 Å². The summed E-state index contributed by atoms with van der Waals surface area (Å²) in [5.74, 6) is 0.704. The van der Waals surface area contributed by atoms with Gasteiger partial charge in [0.2, 0.25) is 0 Å². The maximum absolute atomic E-state index is 12.1. The molecule has 0 amide bonds. The fourth-order valence-corrected chi connectivity index (χ4v) is 6.88. The van der Waals surface area contributed by atoms with Gasteiger partial charge in [-0.2, -0.15) is 0 Å². The summed E-state index contributed by atoms with van der Waals surface area (Å²) in [5.41, 5.74) is 8.28. The molecule has 1 aliphatic rings. The van der Waals surface area contributed by atoms with Crippen LogP contribution in [0.5, 0.6) is 5.75 Å². The first-order chi connectivity index (χ1) is 16.5. The Kier molecular flexibility index (Phi) is 8.71. The molecule has 1 aliphatic heterocycles. The highest BCUT2D eigenvalue weighted by Crippen LogP contribution is 2.36. The Balaban J connectivity index is 1.38. The number of hydrogen-bond donors (Lipinski definition) is 2. The van der Waals surface area contributed by atoms with Crippen LogP contribution in [0.2, 0.25) is 5.02 Å². The largest absolute Gasteiger partial charge is 0.497 e. The highest BCUT2D eigenvalue weighted by atomic mass is 35.5. The van der Waals surface area contributed by atoms with Crippen LogP contribution >= 0.6 is 34.7 Å². The molecule has 0 spiro atoms. The Labute approximate surface area is 213 Å². The maximum atomic E-state index is 12.1. The van der Waals surface area contributed by atoms with Crippen molar-refractivity contribution < 1.29 is 14.6 Å². The third-order valence-corrected chi connectivity index (χ3v) is 9.00. The number of rotatable bonds is 10. The lowest BCUT2D eigenvalue weighted by atomic mass is 9.81. The van der Waals surface area contributed by atoms with Crippen molar-refractivity contribution in [3.05, 3.63) is 52.5 Å². The SMILES string of the molecule is COc1ccc2ncc(Cl)c([C@@H](N)CC[C@H]3CCN(CCSc4cccs4)C[C@H]3C(=O)O)c2c1. The zero-order valence-corrected chi connectivity index (χ0v) is 21.5. The molecule has 0 saturated carbocycles. The van der Waals surface area contributed by atoms with Crippen LogP contribution in [0.1, 0.15) is 30.9 Å². The number of pyridine rings is 1. The molecule has 3 heterocycles. The van der Waals surface area contributed by atoms with E-state index in [0.717, 1.165) is 53.9 Å². The van der Waals surface area contributed by atoms with Crippen molar-refractivity contribution in [3.63, 3.8) is 0 Å². The third kappa shape index (κ3) is 6.04. The fraction of sp³-hybridized carbons (Fsp3) is 0.440. The van der Waals surface area contributed by atoms with E-state index in [1.54, 1.807) is 24.6 Å². The number of piperidine rings is 1. The highest BCUT2D eigenvalue weighted by molar-refractivity contribution is 8.01. The second kappa shape index (κ2) is 11.7. The summed E-state index contributed by atoms with van der Waals surface area (Å²) in [6.07, 6.45) is 3.92. The predicted molar refractivity (Wildman–Crippen MR) is 140 cm³/mol. The first kappa shape index (κ1) is 25.3. The summed E-state index contributed by atoms with van der Waals surface area (Å²) in [7, 11) is 1.62. The van der Waals surface area contributed by atoms with Gasteiger partial charge in [0.05, 0.1) is 27.8 Å². The molecule has 3 N–H and O–H groups in total. The van der Waals surface area contributed by atoms with E-state index in [1.165, 1.54) is 4.21 Å². The van der Waals surface area contributed by atoms with E-state index in [9.17, 15) is 9.90 Å². The second-order valence-electron chi connectivity index (χ2n) is 8.66. The molecule has 0 bridgehead atoms. The molecule has 6 nitrogen and oxygen atoms in total. The molecule has 1 aromatic carbocycles. The van der Waals surface area contributed by atoms with Crippen LogP contribution in [0.15, 0.2) is 46.1 Å². The lowest BCUT2D eigenvalue weighted by Crippen LogP contribution is -2.44. The van der Waals surface area contributed by atoms with Crippen molar-refractivity contribution in [3.8, 4) is 5.75 Å². The van der Waals surface area contributed by atoms with Gasteiger partial charge < -0.3 is 20.5 Å². The molecule has 0 aliphatic carbocycles. The van der Waals surface area contributed by atoms with Gasteiger partial charge in [-0.3, -0.25) is 9.78 Å². The van der Waals surface area contributed by atoms with Crippen LogP contribution in [0.25, 0.3) is 10.9 Å². The number of nitrogens with two attached hydrogens (primary N) is 1. The molecule has 3 atom stereocenters. The van der Waals surface area contributed by atoms with Crippen molar-refractivity contribution in [1.82, 2.24) is 9.88 Å². The van der Waals surface area contributed by atoms with Crippen molar-refractivity contribution in [2.45, 2.75) is 29.5 Å². The molecule has 9 heteroatoms. The van der Waals surface area contributed by atoms with Crippen LogP contribution in [0, 0.1) is 11.8 Å². The van der Waals surface area contributed by atoms with Crippen molar-refractivity contribution >= 4 is 51.6 Å². The molecule has 4 rings (SSSR count). The Hall–Kier alpha value is -1.84. The van der Waals surface area contributed by atoms with Crippen LogP contribution < -0.4 is 10.5 Å². The van der Waals surface area contributed by atoms with E-state index in [1.807, 2.05) is 30.0 Å². The van der Waals surface area contributed by atoms with Crippen molar-refractivity contribution in [2.24, 2.45) is 17.6 Å². The molecule has 0 unspecified atom stereocenters. The number of aliphatic carboxylic acids is 1. The van der Waals surface area contributed by atoms with Gasteiger partial charge in [0, 0.05) is 36.5 Å². The van der Waals surface area contributed by atoms with Gasteiger partial charge >= 0.3 is 5.97 Å². The van der Waals surface area contributed by atoms with Gasteiger partial charge in [-0.05, 0) is 66.9 Å². The normalized spacial score (nSPS) is 19.9. The fourth-order valence-electron chi connectivity index (χ4n) is 4.73. The van der Waals surface area contributed by atoms with Crippen LogP contribution in [-0.4, -0.2) is 53.5 Å². The minimum absolute atomic E-state index is 0.103. The zero-order valence-electron chi connectivity index (χ0n) is 19.2. The zero-order chi connectivity index (χ0) is 24.1. The smallest absolute Gasteiger partial charge is 0.308 e. The number of thioether (sulfide) groups is 1. The van der Waals surface area contributed by atoms with E-state index in [0.29, 0.717) is 18.0 Å². The lowest BCUT2D eigenvalue weighted by Gasteiger charge is -2.37. The number of thiophene rings is 1. The molecule has 0 radical (unpaired) electrons. The van der Waals surface area contributed by atoms with Crippen LogP contribution in [0.4, 0.5) is 0 Å². The summed E-state index contributed by atoms with van der Waals surface area (Å²) >= 11 is 10.1. The molecular formula is C25H30ClN3O3S2. The number of carbonyl (C=O) groups is 1. The van der Waals surface area contributed by atoms with Gasteiger partial charge in [0.25, 0.3) is 0 Å². The van der Waals surface area contributed by atoms with Gasteiger partial charge in [-0.1, -0.05) is 17.7 Å². The number of halogens is 1. The molecule has 1 fully saturated rings. The van der Waals surface area contributed by atoms with E-state index in [2.05, 4.69) is 27.4 Å². The number of fused-ring (bicyclic) bond motifs is 1. The molecule has 1 saturated heterocycles. The Morgan fingerprint density at radius 3 is 3.03 bits per heavy atom. The topological polar surface area (TPSA) is 88.7 Å². The van der Waals surface area contributed by atoms with Crippen molar-refractivity contribution in [1.29, 1.82) is 0 Å². The summed E-state index contributed by atoms with van der Waals surface area (Å²) in [5, 5.41) is 13.4. The minimum Gasteiger partial charge on any atom is -0.497 e. The van der Waals surface area contributed by atoms with Gasteiger partial charge in [0.15, 0.2) is 0 Å². The van der Waals surface area contributed by atoms with Crippen LogP contribution in [-0.2, 0) is 4.79 Å².